The maximum atomic E-state index is 14.6. The number of halogens is 1. The number of rotatable bonds is 8. The summed E-state index contributed by atoms with van der Waals surface area (Å²) in [5.74, 6) is -0.228. The van der Waals surface area contributed by atoms with Crippen LogP contribution in [0.5, 0.6) is 0 Å². The summed E-state index contributed by atoms with van der Waals surface area (Å²) in [6.07, 6.45) is -0.173. The van der Waals surface area contributed by atoms with Crippen molar-refractivity contribution in [1.82, 2.24) is 9.80 Å². The normalized spacial score (nSPS) is 14.9. The van der Waals surface area contributed by atoms with E-state index in [0.29, 0.717) is 17.0 Å². The molecule has 0 saturated heterocycles. The van der Waals surface area contributed by atoms with Gasteiger partial charge in [0, 0.05) is 23.6 Å². The fourth-order valence-corrected chi connectivity index (χ4v) is 5.65. The highest BCUT2D eigenvalue weighted by Crippen LogP contribution is 2.32. The Kier molecular flexibility index (Phi) is 9.03. The molecule has 0 aromatic heterocycles. The third-order valence-electron chi connectivity index (χ3n) is 7.79. The summed E-state index contributed by atoms with van der Waals surface area (Å²) in [5, 5.41) is 0.558. The first-order valence-electron chi connectivity index (χ1n) is 14.0. The molecule has 0 aliphatic carbocycles. The fraction of sp³-hybridized carbons (Fsp3) is 0.229. The predicted octanol–water partition coefficient (Wildman–Crippen LogP) is 7.40. The van der Waals surface area contributed by atoms with Gasteiger partial charge in [0.25, 0.3) is 0 Å². The van der Waals surface area contributed by atoms with E-state index in [9.17, 15) is 14.4 Å². The molecule has 0 unspecified atom stereocenters. The third-order valence-corrected chi connectivity index (χ3v) is 8.14. The molecule has 0 fully saturated rings. The molecule has 2 atom stereocenters. The van der Waals surface area contributed by atoms with E-state index in [-0.39, 0.29) is 31.4 Å². The van der Waals surface area contributed by atoms with Gasteiger partial charge in [-0.3, -0.25) is 14.5 Å². The smallest absolute Gasteiger partial charge is 0.411 e. The van der Waals surface area contributed by atoms with Crippen molar-refractivity contribution in [2.24, 2.45) is 0 Å². The quantitative estimate of drug-likeness (QED) is 0.204. The van der Waals surface area contributed by atoms with Gasteiger partial charge in [0.15, 0.2) is 5.78 Å². The molecule has 0 spiro atoms. The van der Waals surface area contributed by atoms with Crippen LogP contribution in [0.15, 0.2) is 103 Å². The number of nitrogens with zero attached hydrogens (tertiary/aromatic N) is 2. The lowest BCUT2D eigenvalue weighted by Crippen LogP contribution is -2.54. The van der Waals surface area contributed by atoms with Crippen molar-refractivity contribution in [2.75, 3.05) is 0 Å². The van der Waals surface area contributed by atoms with Crippen LogP contribution < -0.4 is 0 Å². The van der Waals surface area contributed by atoms with E-state index in [2.05, 4.69) is 0 Å². The van der Waals surface area contributed by atoms with Gasteiger partial charge in [0.1, 0.15) is 12.6 Å². The Bertz CT molecular complexity index is 1570. The van der Waals surface area contributed by atoms with Crippen molar-refractivity contribution >= 4 is 29.4 Å². The molecule has 6 nitrogen and oxygen atoms in total. The number of carbonyl (C=O) groups excluding carboxylic acids is 3. The molecule has 214 valence electrons. The lowest BCUT2D eigenvalue weighted by molar-refractivity contribution is -0.140. The maximum absolute atomic E-state index is 14.6. The fourth-order valence-electron chi connectivity index (χ4n) is 5.36. The Morgan fingerprint density at radius 3 is 2.19 bits per heavy atom. The van der Waals surface area contributed by atoms with Crippen molar-refractivity contribution in [2.45, 2.75) is 52.0 Å². The van der Waals surface area contributed by atoms with Gasteiger partial charge in [0.2, 0.25) is 5.91 Å². The van der Waals surface area contributed by atoms with Crippen LogP contribution in [0.2, 0.25) is 5.02 Å². The van der Waals surface area contributed by atoms with Crippen LogP contribution in [-0.4, -0.2) is 33.6 Å². The van der Waals surface area contributed by atoms with Gasteiger partial charge in [-0.25, -0.2) is 4.79 Å². The molecule has 5 rings (SSSR count). The molecule has 1 aliphatic rings. The second-order valence-electron chi connectivity index (χ2n) is 10.6. The Hall–Kier alpha value is -4.42. The zero-order chi connectivity index (χ0) is 29.6. The minimum atomic E-state index is -0.774. The van der Waals surface area contributed by atoms with Crippen LogP contribution in [0.25, 0.3) is 0 Å². The molecule has 4 aromatic rings. The first-order valence-corrected chi connectivity index (χ1v) is 14.4. The van der Waals surface area contributed by atoms with Crippen LogP contribution in [0.1, 0.15) is 58.1 Å². The summed E-state index contributed by atoms with van der Waals surface area (Å²) in [6, 6.07) is 30.9. The summed E-state index contributed by atoms with van der Waals surface area (Å²) in [5.41, 5.74) is 5.16. The van der Waals surface area contributed by atoms with E-state index in [1.54, 1.807) is 21.9 Å². The molecule has 0 radical (unpaired) electrons. The number of hydrogen-bond donors (Lipinski definition) is 0. The number of hydrogen-bond acceptors (Lipinski definition) is 4. The number of amides is 2. The largest absolute Gasteiger partial charge is 0.445 e. The Morgan fingerprint density at radius 2 is 1.50 bits per heavy atom. The first kappa shape index (κ1) is 29.1. The van der Waals surface area contributed by atoms with Crippen LogP contribution in [0.3, 0.4) is 0 Å². The zero-order valence-corrected chi connectivity index (χ0v) is 24.5. The SMILES string of the molecule is CC(=O)c1ccc(CN(C(=O)[C@@H]2Cc3ccccc3CN2C(=O)OCc2ccccc2)[C@H](C)c2ccccc2Cl)cc1. The van der Waals surface area contributed by atoms with Crippen molar-refractivity contribution < 1.29 is 19.1 Å². The topological polar surface area (TPSA) is 66.9 Å². The second kappa shape index (κ2) is 13.0. The van der Waals surface area contributed by atoms with Gasteiger partial charge in [-0.15, -0.1) is 0 Å². The Balaban J connectivity index is 1.48. The second-order valence-corrected chi connectivity index (χ2v) is 11.0. The minimum Gasteiger partial charge on any atom is -0.445 e. The monoisotopic (exact) mass is 580 g/mol. The molecular formula is C35H33ClN2O4. The van der Waals surface area contributed by atoms with Crippen LogP contribution >= 0.6 is 11.6 Å². The number of fused-ring (bicyclic) bond motifs is 1. The van der Waals surface area contributed by atoms with Crippen molar-refractivity contribution in [3.63, 3.8) is 0 Å². The van der Waals surface area contributed by atoms with E-state index in [1.165, 1.54) is 6.92 Å². The van der Waals surface area contributed by atoms with E-state index in [0.717, 1.165) is 27.8 Å². The zero-order valence-electron chi connectivity index (χ0n) is 23.7. The van der Waals surface area contributed by atoms with Gasteiger partial charge in [-0.05, 0) is 47.7 Å². The highest BCUT2D eigenvalue weighted by atomic mass is 35.5. The van der Waals surface area contributed by atoms with E-state index in [1.807, 2.05) is 97.9 Å². The molecule has 1 heterocycles. The van der Waals surface area contributed by atoms with Gasteiger partial charge in [-0.1, -0.05) is 109 Å². The number of ether oxygens (including phenoxy) is 1. The van der Waals surface area contributed by atoms with Crippen molar-refractivity contribution in [3.05, 3.63) is 142 Å². The van der Waals surface area contributed by atoms with Gasteiger partial charge in [-0.2, -0.15) is 0 Å². The average molecular weight is 581 g/mol. The van der Waals surface area contributed by atoms with Crippen LogP contribution in [-0.2, 0) is 35.6 Å². The van der Waals surface area contributed by atoms with E-state index < -0.39 is 18.2 Å². The molecule has 2 amide bonds. The Labute approximate surface area is 251 Å². The summed E-state index contributed by atoms with van der Waals surface area (Å²) < 4.78 is 5.72. The van der Waals surface area contributed by atoms with Crippen molar-refractivity contribution in [3.8, 4) is 0 Å². The van der Waals surface area contributed by atoms with E-state index >= 15 is 0 Å². The molecule has 0 saturated carbocycles. The lowest BCUT2D eigenvalue weighted by atomic mass is 9.92. The first-order chi connectivity index (χ1) is 20.3. The molecule has 0 bridgehead atoms. The van der Waals surface area contributed by atoms with Crippen molar-refractivity contribution in [1.29, 1.82) is 0 Å². The van der Waals surface area contributed by atoms with E-state index in [4.69, 9.17) is 16.3 Å². The molecule has 42 heavy (non-hydrogen) atoms. The third kappa shape index (κ3) is 6.55. The highest BCUT2D eigenvalue weighted by molar-refractivity contribution is 6.31. The molecule has 4 aromatic carbocycles. The summed E-state index contributed by atoms with van der Waals surface area (Å²) in [7, 11) is 0. The predicted molar refractivity (Wildman–Crippen MR) is 163 cm³/mol. The number of ketones is 1. The number of benzene rings is 4. The number of Topliss-reactive ketones (excluding diaryl/α,β-unsaturated/α-hetero) is 1. The standard InChI is InChI=1S/C35H33ClN2O4/c1-24(31-14-8-9-15-32(31)36)37(21-26-16-18-28(19-17-26)25(2)39)34(40)33-20-29-12-6-7-13-30(29)22-38(33)35(41)42-23-27-10-4-3-5-11-27/h3-19,24,33H,20-23H2,1-2H3/t24-,33+/m1/s1. The highest BCUT2D eigenvalue weighted by Gasteiger charge is 2.39. The maximum Gasteiger partial charge on any atom is 0.411 e. The molecule has 0 N–H and O–H groups in total. The molecular weight excluding hydrogens is 548 g/mol. The summed E-state index contributed by atoms with van der Waals surface area (Å²) in [4.78, 5) is 43.3. The van der Waals surface area contributed by atoms with Gasteiger partial charge in [0.05, 0.1) is 12.6 Å². The van der Waals surface area contributed by atoms with Gasteiger partial charge >= 0.3 is 6.09 Å². The molecule has 1 aliphatic heterocycles. The molecule has 7 heteroatoms. The lowest BCUT2D eigenvalue weighted by Gasteiger charge is -2.40. The Morgan fingerprint density at radius 1 is 0.857 bits per heavy atom. The summed E-state index contributed by atoms with van der Waals surface area (Å²) in [6.45, 7) is 4.12. The van der Waals surface area contributed by atoms with Crippen LogP contribution in [0.4, 0.5) is 4.79 Å². The van der Waals surface area contributed by atoms with Crippen LogP contribution in [0, 0.1) is 0 Å². The average Bonchev–Trinajstić information content (AvgIpc) is 3.02. The number of carbonyl (C=O) groups is 3. The minimum absolute atomic E-state index is 0.0237. The van der Waals surface area contributed by atoms with Gasteiger partial charge < -0.3 is 9.64 Å². The summed E-state index contributed by atoms with van der Waals surface area (Å²) >= 11 is 6.60.